The van der Waals surface area contributed by atoms with Crippen molar-refractivity contribution in [2.75, 3.05) is 0 Å². The van der Waals surface area contributed by atoms with Crippen LogP contribution in [0.1, 0.15) is 26.9 Å². The number of aryl methyl sites for hydroxylation is 1. The Balaban J connectivity index is 1.93. The molecular weight excluding hydrogens is 296 g/mol. The summed E-state index contributed by atoms with van der Waals surface area (Å²) in [5.74, 6) is 0.218. The molecule has 0 unspecified atom stereocenters. The van der Waals surface area contributed by atoms with Crippen molar-refractivity contribution in [2.45, 2.75) is 13.3 Å². The van der Waals surface area contributed by atoms with Crippen molar-refractivity contribution in [3.05, 3.63) is 64.7 Å². The second-order valence-corrected chi connectivity index (χ2v) is 5.82. The number of carbonyl (C=O) groups excluding carboxylic acids is 1. The number of amides is 1. The van der Waals surface area contributed by atoms with Crippen LogP contribution in [-0.2, 0) is 6.42 Å². The van der Waals surface area contributed by atoms with E-state index in [9.17, 15) is 4.79 Å². The molecule has 0 spiro atoms. The molecule has 5 nitrogen and oxygen atoms in total. The quantitative estimate of drug-likeness (QED) is 0.803. The monoisotopic (exact) mass is 310 g/mol. The molecule has 0 aliphatic heterocycles. The fraction of sp³-hybridized carbons (Fsp3) is 0.125. The highest BCUT2D eigenvalue weighted by Gasteiger charge is 2.14. The van der Waals surface area contributed by atoms with Crippen LogP contribution in [0.2, 0.25) is 0 Å². The minimum Gasteiger partial charge on any atom is -0.364 e. The second kappa shape index (κ2) is 6.03. The molecule has 0 atom stereocenters. The number of nitrogens with two attached hydrogens (primary N) is 1. The lowest BCUT2D eigenvalue weighted by Crippen LogP contribution is -2.10. The van der Waals surface area contributed by atoms with Crippen LogP contribution in [0.3, 0.4) is 0 Å². The van der Waals surface area contributed by atoms with Crippen LogP contribution in [0.15, 0.2) is 42.6 Å². The summed E-state index contributed by atoms with van der Waals surface area (Å²) >= 11 is 1.26. The van der Waals surface area contributed by atoms with Crippen LogP contribution in [0.5, 0.6) is 0 Å². The van der Waals surface area contributed by atoms with Gasteiger partial charge < -0.3 is 5.73 Å². The van der Waals surface area contributed by atoms with Gasteiger partial charge in [-0.15, -0.1) is 11.3 Å². The van der Waals surface area contributed by atoms with Gasteiger partial charge in [-0.1, -0.05) is 30.3 Å². The highest BCUT2D eigenvalue weighted by atomic mass is 32.1. The number of hydrogen-bond acceptors (Lipinski definition) is 5. The van der Waals surface area contributed by atoms with E-state index in [1.54, 1.807) is 6.20 Å². The maximum Gasteiger partial charge on any atom is 0.277 e. The van der Waals surface area contributed by atoms with Crippen LogP contribution in [0.25, 0.3) is 10.6 Å². The molecule has 0 aliphatic rings. The molecule has 0 fully saturated rings. The van der Waals surface area contributed by atoms with Crippen molar-refractivity contribution in [1.82, 2.24) is 15.0 Å². The molecule has 0 saturated heterocycles. The molecule has 0 bridgehead atoms. The Labute approximate surface area is 131 Å². The molecule has 1 amide bonds. The van der Waals surface area contributed by atoms with Crippen LogP contribution < -0.4 is 5.73 Å². The van der Waals surface area contributed by atoms with Gasteiger partial charge in [0.25, 0.3) is 5.91 Å². The second-order valence-electron chi connectivity index (χ2n) is 4.82. The Morgan fingerprint density at radius 2 is 1.95 bits per heavy atom. The molecule has 2 aromatic heterocycles. The average molecular weight is 310 g/mol. The number of nitrogens with zero attached hydrogens (tertiary/aromatic N) is 3. The molecular formula is C16H14N4OS. The van der Waals surface area contributed by atoms with Crippen molar-refractivity contribution >= 4 is 17.2 Å². The van der Waals surface area contributed by atoms with Gasteiger partial charge in [-0.2, -0.15) is 0 Å². The molecule has 3 aromatic rings. The smallest absolute Gasteiger partial charge is 0.277 e. The standard InChI is InChI=1S/C16H14N4OS/c1-10-14(22-16(19-10)15(17)21)12-7-8-18-13(20-12)9-11-5-3-2-4-6-11/h2-8H,9H2,1H3,(H2,17,21). The number of carbonyl (C=O) groups is 1. The Morgan fingerprint density at radius 3 is 2.64 bits per heavy atom. The normalized spacial score (nSPS) is 10.6. The van der Waals surface area contributed by atoms with Gasteiger partial charge in [0.05, 0.1) is 16.3 Å². The lowest BCUT2D eigenvalue weighted by molar-refractivity contribution is 0.1000. The van der Waals surface area contributed by atoms with Crippen molar-refractivity contribution in [2.24, 2.45) is 5.73 Å². The molecule has 6 heteroatoms. The topological polar surface area (TPSA) is 81.8 Å². The Bertz CT molecular complexity index is 814. The molecule has 0 saturated carbocycles. The van der Waals surface area contributed by atoms with Gasteiger partial charge in [0.15, 0.2) is 5.01 Å². The molecule has 110 valence electrons. The maximum atomic E-state index is 11.2. The summed E-state index contributed by atoms with van der Waals surface area (Å²) in [5.41, 5.74) is 7.95. The van der Waals surface area contributed by atoms with Crippen molar-refractivity contribution in [1.29, 1.82) is 0 Å². The number of benzene rings is 1. The van der Waals surface area contributed by atoms with Crippen LogP contribution >= 0.6 is 11.3 Å². The first-order valence-corrected chi connectivity index (χ1v) is 7.58. The zero-order valence-electron chi connectivity index (χ0n) is 12.0. The largest absolute Gasteiger partial charge is 0.364 e. The van der Waals surface area contributed by atoms with E-state index in [2.05, 4.69) is 15.0 Å². The Morgan fingerprint density at radius 1 is 1.18 bits per heavy atom. The van der Waals surface area contributed by atoms with E-state index >= 15 is 0 Å². The first kappa shape index (κ1) is 14.3. The minimum absolute atomic E-state index is 0.302. The number of thiazole rings is 1. The van der Waals surface area contributed by atoms with E-state index < -0.39 is 5.91 Å². The maximum absolute atomic E-state index is 11.2. The van der Waals surface area contributed by atoms with Gasteiger partial charge in [-0.3, -0.25) is 4.79 Å². The molecule has 22 heavy (non-hydrogen) atoms. The number of primary amides is 1. The molecule has 2 heterocycles. The van der Waals surface area contributed by atoms with Gasteiger partial charge >= 0.3 is 0 Å². The van der Waals surface area contributed by atoms with Gasteiger partial charge in [0, 0.05) is 12.6 Å². The van der Waals surface area contributed by atoms with Gasteiger partial charge in [-0.25, -0.2) is 15.0 Å². The third kappa shape index (κ3) is 3.01. The molecule has 3 rings (SSSR count). The van der Waals surface area contributed by atoms with E-state index in [1.807, 2.05) is 43.3 Å². The van der Waals surface area contributed by atoms with E-state index in [-0.39, 0.29) is 0 Å². The summed E-state index contributed by atoms with van der Waals surface area (Å²) in [7, 11) is 0. The average Bonchev–Trinajstić information content (AvgIpc) is 2.91. The summed E-state index contributed by atoms with van der Waals surface area (Å²) in [5, 5.41) is 0.302. The first-order valence-electron chi connectivity index (χ1n) is 6.77. The van der Waals surface area contributed by atoms with E-state index in [4.69, 9.17) is 5.73 Å². The fourth-order valence-corrected chi connectivity index (χ4v) is 3.02. The van der Waals surface area contributed by atoms with E-state index in [0.29, 0.717) is 11.4 Å². The molecule has 2 N–H and O–H groups in total. The van der Waals surface area contributed by atoms with Crippen molar-refractivity contribution in [3.63, 3.8) is 0 Å². The third-order valence-corrected chi connectivity index (χ3v) is 4.35. The lowest BCUT2D eigenvalue weighted by atomic mass is 10.1. The number of aromatic nitrogens is 3. The molecule has 1 aromatic carbocycles. The minimum atomic E-state index is -0.516. The van der Waals surface area contributed by atoms with Crippen LogP contribution in [0, 0.1) is 6.92 Å². The fourth-order valence-electron chi connectivity index (χ4n) is 2.13. The number of hydrogen-bond donors (Lipinski definition) is 1. The van der Waals surface area contributed by atoms with Crippen LogP contribution in [-0.4, -0.2) is 20.9 Å². The predicted octanol–water partition coefficient (Wildman–Crippen LogP) is 2.60. The van der Waals surface area contributed by atoms with Gasteiger partial charge in [0.2, 0.25) is 0 Å². The SMILES string of the molecule is Cc1nc(C(N)=O)sc1-c1ccnc(Cc2ccccc2)n1. The highest BCUT2D eigenvalue weighted by molar-refractivity contribution is 7.17. The van der Waals surface area contributed by atoms with Crippen molar-refractivity contribution < 1.29 is 4.79 Å². The molecule has 0 radical (unpaired) electrons. The van der Waals surface area contributed by atoms with Crippen molar-refractivity contribution in [3.8, 4) is 10.6 Å². The van der Waals surface area contributed by atoms with E-state index in [0.717, 1.165) is 27.7 Å². The molecule has 0 aliphatic carbocycles. The summed E-state index contributed by atoms with van der Waals surface area (Å²) in [6, 6.07) is 11.9. The van der Waals surface area contributed by atoms with Gasteiger partial charge in [-0.05, 0) is 18.6 Å². The highest BCUT2D eigenvalue weighted by Crippen LogP contribution is 2.28. The number of rotatable bonds is 4. The third-order valence-electron chi connectivity index (χ3n) is 3.15. The van der Waals surface area contributed by atoms with Gasteiger partial charge in [0.1, 0.15) is 5.82 Å². The zero-order chi connectivity index (χ0) is 15.5. The Hall–Kier alpha value is -2.60. The summed E-state index contributed by atoms with van der Waals surface area (Å²) in [6.45, 7) is 1.84. The van der Waals surface area contributed by atoms with E-state index in [1.165, 1.54) is 11.3 Å². The summed E-state index contributed by atoms with van der Waals surface area (Å²) < 4.78 is 0. The van der Waals surface area contributed by atoms with Crippen LogP contribution in [0.4, 0.5) is 0 Å². The summed E-state index contributed by atoms with van der Waals surface area (Å²) in [6.07, 6.45) is 2.39. The Kier molecular flexibility index (Phi) is 3.93. The predicted molar refractivity (Wildman–Crippen MR) is 85.6 cm³/mol. The first-order chi connectivity index (χ1) is 10.6. The lowest BCUT2D eigenvalue weighted by Gasteiger charge is -2.03. The zero-order valence-corrected chi connectivity index (χ0v) is 12.8. The summed E-state index contributed by atoms with van der Waals surface area (Å²) in [4.78, 5) is 25.2.